The molecule has 4 aromatic rings. The van der Waals surface area contributed by atoms with E-state index in [1.807, 2.05) is 26.0 Å². The van der Waals surface area contributed by atoms with E-state index in [-0.39, 0.29) is 62.0 Å². The van der Waals surface area contributed by atoms with Crippen LogP contribution in [0, 0.1) is 0 Å². The van der Waals surface area contributed by atoms with Gasteiger partial charge in [-0.3, -0.25) is 19.2 Å². The molecular formula is C36H40N4O11. The molecule has 0 bridgehead atoms. The van der Waals surface area contributed by atoms with Crippen LogP contribution in [-0.4, -0.2) is 73.7 Å². The first-order valence-corrected chi connectivity index (χ1v) is 15.9. The molecule has 0 atom stereocenters. The Hall–Kier alpha value is -6.22. The molecule has 0 radical (unpaired) electrons. The summed E-state index contributed by atoms with van der Waals surface area (Å²) in [5, 5.41) is 5.23. The van der Waals surface area contributed by atoms with E-state index in [2.05, 4.69) is 20.1 Å². The molecule has 0 fully saturated rings. The SMILES string of the molecule is CC.COC(=O)c1ccc(C(=O)NCCOCCNC(=O)c2ccc(C(=O)OC)c(=O)n2OCc2ccccc2)n(OCc2ccccc2)c1=O. The van der Waals surface area contributed by atoms with Gasteiger partial charge in [-0.1, -0.05) is 74.5 Å². The Labute approximate surface area is 293 Å². The van der Waals surface area contributed by atoms with Gasteiger partial charge < -0.3 is 34.5 Å². The van der Waals surface area contributed by atoms with Crippen molar-refractivity contribution in [2.24, 2.45) is 0 Å². The lowest BCUT2D eigenvalue weighted by atomic mass is 10.2. The molecule has 0 saturated carbocycles. The third kappa shape index (κ3) is 10.9. The van der Waals surface area contributed by atoms with Gasteiger partial charge in [0.05, 0.1) is 27.4 Å². The molecule has 0 aliphatic rings. The van der Waals surface area contributed by atoms with E-state index in [1.165, 1.54) is 24.3 Å². The second-order valence-corrected chi connectivity index (χ2v) is 10.1. The van der Waals surface area contributed by atoms with Crippen molar-refractivity contribution in [3.63, 3.8) is 0 Å². The number of amides is 2. The summed E-state index contributed by atoms with van der Waals surface area (Å²) < 4.78 is 16.3. The maximum Gasteiger partial charge on any atom is 0.343 e. The molecular weight excluding hydrogens is 664 g/mol. The lowest BCUT2D eigenvalue weighted by molar-refractivity contribution is 0.0560. The molecule has 0 spiro atoms. The summed E-state index contributed by atoms with van der Waals surface area (Å²) in [5.74, 6) is -3.09. The number of methoxy groups -OCH3 is 2. The predicted molar refractivity (Wildman–Crippen MR) is 184 cm³/mol. The second-order valence-electron chi connectivity index (χ2n) is 10.1. The minimum absolute atomic E-state index is 0.0280. The number of rotatable bonds is 16. The van der Waals surface area contributed by atoms with Gasteiger partial charge in [0.1, 0.15) is 35.7 Å². The van der Waals surface area contributed by atoms with Crippen molar-refractivity contribution in [3.8, 4) is 0 Å². The molecule has 2 aromatic heterocycles. The maximum atomic E-state index is 13.0. The van der Waals surface area contributed by atoms with Crippen LogP contribution in [0.3, 0.4) is 0 Å². The summed E-state index contributed by atoms with van der Waals surface area (Å²) in [6, 6.07) is 22.8. The van der Waals surface area contributed by atoms with E-state index < -0.39 is 34.9 Å². The fourth-order valence-electron chi connectivity index (χ4n) is 4.35. The number of ether oxygens (including phenoxy) is 3. The normalized spacial score (nSPS) is 10.2. The largest absolute Gasteiger partial charge is 0.465 e. The first-order chi connectivity index (χ1) is 24.7. The Bertz CT molecular complexity index is 1750. The molecule has 51 heavy (non-hydrogen) atoms. The van der Waals surface area contributed by atoms with Crippen molar-refractivity contribution in [2.75, 3.05) is 40.5 Å². The Balaban J connectivity index is 0.00000345. The number of nitrogens with one attached hydrogen (secondary N) is 2. The predicted octanol–water partition coefficient (Wildman–Crippen LogP) is 2.04. The Morgan fingerprint density at radius 3 is 1.29 bits per heavy atom. The van der Waals surface area contributed by atoms with E-state index in [9.17, 15) is 28.8 Å². The Kier molecular flexibility index (Phi) is 15.6. The zero-order valence-electron chi connectivity index (χ0n) is 28.7. The van der Waals surface area contributed by atoms with E-state index in [1.54, 1.807) is 48.5 Å². The van der Waals surface area contributed by atoms with Crippen LogP contribution in [0.15, 0.2) is 94.5 Å². The summed E-state index contributed by atoms with van der Waals surface area (Å²) in [6.45, 7) is 4.03. The number of nitrogens with zero attached hydrogens (tertiary/aromatic N) is 2. The molecule has 2 amide bonds. The van der Waals surface area contributed by atoms with Crippen LogP contribution in [0.2, 0.25) is 0 Å². The molecule has 15 nitrogen and oxygen atoms in total. The third-order valence-corrected chi connectivity index (χ3v) is 6.83. The van der Waals surface area contributed by atoms with Gasteiger partial charge in [-0.2, -0.15) is 0 Å². The molecule has 0 aliphatic heterocycles. The van der Waals surface area contributed by atoms with Crippen LogP contribution >= 0.6 is 0 Å². The number of benzene rings is 2. The monoisotopic (exact) mass is 704 g/mol. The van der Waals surface area contributed by atoms with Crippen LogP contribution < -0.4 is 31.4 Å². The highest BCUT2D eigenvalue weighted by molar-refractivity contribution is 5.95. The van der Waals surface area contributed by atoms with Gasteiger partial charge in [0.2, 0.25) is 0 Å². The van der Waals surface area contributed by atoms with Crippen molar-refractivity contribution >= 4 is 23.8 Å². The maximum absolute atomic E-state index is 13.0. The minimum Gasteiger partial charge on any atom is -0.465 e. The van der Waals surface area contributed by atoms with Crippen LogP contribution in [-0.2, 0) is 27.4 Å². The van der Waals surface area contributed by atoms with Gasteiger partial charge in [-0.05, 0) is 35.4 Å². The fraction of sp³-hybridized carbons (Fsp3) is 0.278. The number of pyridine rings is 2. The van der Waals surface area contributed by atoms with Gasteiger partial charge in [0.15, 0.2) is 0 Å². The smallest absolute Gasteiger partial charge is 0.343 e. The summed E-state index contributed by atoms with van der Waals surface area (Å²) >= 11 is 0. The molecule has 2 aromatic carbocycles. The zero-order chi connectivity index (χ0) is 37.2. The molecule has 0 aliphatic carbocycles. The number of aromatic nitrogens is 2. The van der Waals surface area contributed by atoms with Crippen molar-refractivity contribution in [3.05, 3.63) is 139 Å². The van der Waals surface area contributed by atoms with Crippen molar-refractivity contribution in [1.82, 2.24) is 20.1 Å². The topological polar surface area (TPSA) is 182 Å². The van der Waals surface area contributed by atoms with Gasteiger partial charge in [-0.15, -0.1) is 9.46 Å². The molecule has 0 unspecified atom stereocenters. The number of carbonyl (C=O) groups is 4. The molecule has 2 N–H and O–H groups in total. The van der Waals surface area contributed by atoms with Gasteiger partial charge in [0, 0.05) is 13.1 Å². The lowest BCUT2D eigenvalue weighted by Crippen LogP contribution is -2.39. The molecule has 15 heteroatoms. The highest BCUT2D eigenvalue weighted by Crippen LogP contribution is 2.06. The third-order valence-electron chi connectivity index (χ3n) is 6.83. The van der Waals surface area contributed by atoms with Crippen LogP contribution in [0.25, 0.3) is 0 Å². The fourth-order valence-corrected chi connectivity index (χ4v) is 4.35. The summed E-state index contributed by atoms with van der Waals surface area (Å²) in [4.78, 5) is 87.2. The molecule has 4 rings (SSSR count). The van der Waals surface area contributed by atoms with E-state index in [0.717, 1.165) is 34.8 Å². The summed E-state index contributed by atoms with van der Waals surface area (Å²) in [7, 11) is 2.26. The minimum atomic E-state index is -0.879. The van der Waals surface area contributed by atoms with Crippen molar-refractivity contribution < 1.29 is 43.1 Å². The Morgan fingerprint density at radius 2 is 0.941 bits per heavy atom. The van der Waals surface area contributed by atoms with Crippen LogP contribution in [0.5, 0.6) is 0 Å². The number of hydrogen-bond acceptors (Lipinski definition) is 11. The highest BCUT2D eigenvalue weighted by Gasteiger charge is 2.22. The molecule has 2 heterocycles. The van der Waals surface area contributed by atoms with E-state index >= 15 is 0 Å². The zero-order valence-corrected chi connectivity index (χ0v) is 28.7. The average molecular weight is 705 g/mol. The number of hydrogen-bond donors (Lipinski definition) is 2. The van der Waals surface area contributed by atoms with Gasteiger partial charge >= 0.3 is 11.9 Å². The first kappa shape index (κ1) is 39.2. The first-order valence-electron chi connectivity index (χ1n) is 15.9. The highest BCUT2D eigenvalue weighted by atomic mass is 16.7. The molecule has 0 saturated heterocycles. The Morgan fingerprint density at radius 1 is 0.569 bits per heavy atom. The van der Waals surface area contributed by atoms with Crippen LogP contribution in [0.4, 0.5) is 0 Å². The van der Waals surface area contributed by atoms with Crippen molar-refractivity contribution in [2.45, 2.75) is 27.1 Å². The number of esters is 2. The quantitative estimate of drug-likeness (QED) is 0.129. The van der Waals surface area contributed by atoms with E-state index in [0.29, 0.717) is 0 Å². The summed E-state index contributed by atoms with van der Waals surface area (Å²) in [6.07, 6.45) is 0. The lowest BCUT2D eigenvalue weighted by Gasteiger charge is -2.15. The number of carbonyl (C=O) groups excluding carboxylic acids is 4. The summed E-state index contributed by atoms with van der Waals surface area (Å²) in [5.41, 5.74) is -1.19. The van der Waals surface area contributed by atoms with Crippen LogP contribution in [0.1, 0.15) is 66.7 Å². The second kappa shape index (κ2) is 20.3. The van der Waals surface area contributed by atoms with Gasteiger partial charge in [0.25, 0.3) is 22.9 Å². The van der Waals surface area contributed by atoms with Crippen molar-refractivity contribution in [1.29, 1.82) is 0 Å². The standard InChI is InChI=1S/C34H34N4O11.C2H6/c1-45-33(43)25-13-15-27(37(31(25)41)48-21-23-9-5-3-6-10-23)29(39)35-17-19-47-20-18-36-30(40)28-16-14-26(34(44)46-2)32(42)38(28)49-22-24-11-7-4-8-12-24;1-2/h3-16H,17-22H2,1-2H3,(H,35,39)(H,36,40);1-2H3. The van der Waals surface area contributed by atoms with E-state index in [4.69, 9.17) is 14.4 Å². The molecule has 270 valence electrons. The average Bonchev–Trinajstić information content (AvgIpc) is 3.17. The van der Waals surface area contributed by atoms with Gasteiger partial charge in [-0.25, -0.2) is 9.59 Å².